The van der Waals surface area contributed by atoms with E-state index in [0.29, 0.717) is 6.42 Å². The zero-order valence-corrected chi connectivity index (χ0v) is 8.88. The highest BCUT2D eigenvalue weighted by Crippen LogP contribution is 2.35. The number of rotatable bonds is 3. The van der Waals surface area contributed by atoms with Gasteiger partial charge in [-0.25, -0.2) is 4.99 Å². The first-order valence-electron chi connectivity index (χ1n) is 4.94. The van der Waals surface area contributed by atoms with Gasteiger partial charge >= 0.3 is 6.18 Å². The Balaban J connectivity index is 3.10. The van der Waals surface area contributed by atoms with Gasteiger partial charge < -0.3 is 5.73 Å². The predicted octanol–water partition coefficient (Wildman–Crippen LogP) is 3.49. The van der Waals surface area contributed by atoms with Crippen LogP contribution >= 0.6 is 0 Å². The molecule has 5 heteroatoms. The smallest absolute Gasteiger partial charge is 0.387 e. The summed E-state index contributed by atoms with van der Waals surface area (Å²) in [5.41, 5.74) is 4.63. The van der Waals surface area contributed by atoms with Crippen molar-refractivity contribution < 1.29 is 13.2 Å². The van der Waals surface area contributed by atoms with Crippen molar-refractivity contribution >= 4 is 11.5 Å². The Kier molecular flexibility index (Phi) is 3.93. The molecule has 0 saturated heterocycles. The fraction of sp³-hybridized carbons (Fsp3) is 0.364. The highest BCUT2D eigenvalue weighted by Gasteiger charge is 2.33. The Morgan fingerprint density at radius 2 is 1.94 bits per heavy atom. The van der Waals surface area contributed by atoms with Crippen molar-refractivity contribution in [2.45, 2.75) is 25.9 Å². The van der Waals surface area contributed by atoms with Gasteiger partial charge in [-0.1, -0.05) is 19.1 Å². The van der Waals surface area contributed by atoms with Gasteiger partial charge in [0.2, 0.25) is 0 Å². The molecule has 0 heterocycles. The number of nitrogens with two attached hydrogens (primary N) is 1. The van der Waals surface area contributed by atoms with Gasteiger partial charge in [-0.3, -0.25) is 0 Å². The van der Waals surface area contributed by atoms with Gasteiger partial charge in [0.15, 0.2) is 0 Å². The molecule has 0 aliphatic heterocycles. The van der Waals surface area contributed by atoms with Gasteiger partial charge in [-0.2, -0.15) is 13.2 Å². The quantitative estimate of drug-likeness (QED) is 0.626. The molecule has 0 saturated carbocycles. The minimum atomic E-state index is -4.40. The van der Waals surface area contributed by atoms with Gasteiger partial charge in [-0.15, -0.1) is 0 Å². The molecule has 0 atom stereocenters. The molecule has 1 rings (SSSR count). The maximum Gasteiger partial charge on any atom is 0.418 e. The van der Waals surface area contributed by atoms with Gasteiger partial charge in [0, 0.05) is 6.42 Å². The number of benzene rings is 1. The molecule has 88 valence electrons. The van der Waals surface area contributed by atoms with E-state index in [9.17, 15) is 13.2 Å². The molecule has 0 unspecified atom stereocenters. The zero-order valence-electron chi connectivity index (χ0n) is 8.88. The van der Waals surface area contributed by atoms with Crippen molar-refractivity contribution in [2.24, 2.45) is 10.7 Å². The summed E-state index contributed by atoms with van der Waals surface area (Å²) < 4.78 is 37.7. The summed E-state index contributed by atoms with van der Waals surface area (Å²) in [5.74, 6) is 0.221. The first-order chi connectivity index (χ1) is 7.45. The minimum absolute atomic E-state index is 0.124. The molecule has 0 amide bonds. The molecule has 0 aliphatic rings. The van der Waals surface area contributed by atoms with Crippen LogP contribution in [0.15, 0.2) is 29.3 Å². The molecule has 2 nitrogen and oxygen atoms in total. The van der Waals surface area contributed by atoms with E-state index in [1.807, 2.05) is 6.92 Å². The topological polar surface area (TPSA) is 38.4 Å². The van der Waals surface area contributed by atoms with Crippen LogP contribution in [0.1, 0.15) is 25.3 Å². The number of amidine groups is 1. The Labute approximate surface area is 92.0 Å². The summed E-state index contributed by atoms with van der Waals surface area (Å²) in [6, 6.07) is 5.15. The van der Waals surface area contributed by atoms with E-state index >= 15 is 0 Å². The summed E-state index contributed by atoms with van der Waals surface area (Å²) in [4.78, 5) is 3.79. The van der Waals surface area contributed by atoms with Gasteiger partial charge in [0.05, 0.1) is 17.1 Å². The van der Waals surface area contributed by atoms with Gasteiger partial charge in [0.25, 0.3) is 0 Å². The average molecular weight is 230 g/mol. The monoisotopic (exact) mass is 230 g/mol. The van der Waals surface area contributed by atoms with Crippen LogP contribution in [0, 0.1) is 0 Å². The Morgan fingerprint density at radius 1 is 1.31 bits per heavy atom. The lowest BCUT2D eigenvalue weighted by Gasteiger charge is -2.09. The maximum atomic E-state index is 12.6. The molecular formula is C11H13F3N2. The molecule has 0 aromatic heterocycles. The summed E-state index contributed by atoms with van der Waals surface area (Å²) in [6.45, 7) is 1.89. The second-order valence-corrected chi connectivity index (χ2v) is 3.37. The molecule has 1 aromatic carbocycles. The molecule has 2 N–H and O–H groups in total. The van der Waals surface area contributed by atoms with Crippen molar-refractivity contribution in [2.75, 3.05) is 0 Å². The van der Waals surface area contributed by atoms with Crippen molar-refractivity contribution in [3.63, 3.8) is 0 Å². The van der Waals surface area contributed by atoms with Crippen LogP contribution in [0.25, 0.3) is 0 Å². The van der Waals surface area contributed by atoms with Crippen molar-refractivity contribution in [3.8, 4) is 0 Å². The highest BCUT2D eigenvalue weighted by molar-refractivity contribution is 5.83. The van der Waals surface area contributed by atoms with Crippen molar-refractivity contribution in [1.82, 2.24) is 0 Å². The summed E-state index contributed by atoms with van der Waals surface area (Å²) in [6.07, 6.45) is -3.15. The van der Waals surface area contributed by atoms with E-state index in [2.05, 4.69) is 4.99 Å². The first-order valence-corrected chi connectivity index (χ1v) is 4.94. The second kappa shape index (κ2) is 5.01. The SMILES string of the molecule is CCCC(N)=Nc1ccccc1C(F)(F)F. The third-order valence-electron chi connectivity index (χ3n) is 1.98. The molecule has 16 heavy (non-hydrogen) atoms. The standard InChI is InChI=1S/C11H13F3N2/c1-2-5-10(15)16-9-7-4-3-6-8(9)11(12,13)14/h3-4,6-7H,2,5H2,1H3,(H2,15,16). The minimum Gasteiger partial charge on any atom is -0.387 e. The Morgan fingerprint density at radius 3 is 2.50 bits per heavy atom. The van der Waals surface area contributed by atoms with E-state index in [-0.39, 0.29) is 11.5 Å². The van der Waals surface area contributed by atoms with Crippen LogP contribution in [-0.4, -0.2) is 5.84 Å². The molecule has 0 bridgehead atoms. The first kappa shape index (κ1) is 12.5. The van der Waals surface area contributed by atoms with Crippen LogP contribution < -0.4 is 5.73 Å². The largest absolute Gasteiger partial charge is 0.418 e. The lowest BCUT2D eigenvalue weighted by molar-refractivity contribution is -0.137. The van der Waals surface area contributed by atoms with E-state index in [1.54, 1.807) is 0 Å². The van der Waals surface area contributed by atoms with Crippen molar-refractivity contribution in [1.29, 1.82) is 0 Å². The van der Waals surface area contributed by atoms with E-state index in [0.717, 1.165) is 12.5 Å². The third-order valence-corrected chi connectivity index (χ3v) is 1.98. The second-order valence-electron chi connectivity index (χ2n) is 3.37. The fourth-order valence-electron chi connectivity index (χ4n) is 1.28. The summed E-state index contributed by atoms with van der Waals surface area (Å²) >= 11 is 0. The highest BCUT2D eigenvalue weighted by atomic mass is 19.4. The number of halogens is 3. The molecule has 0 spiro atoms. The molecule has 0 fully saturated rings. The van der Waals surface area contributed by atoms with Crippen molar-refractivity contribution in [3.05, 3.63) is 29.8 Å². The summed E-state index contributed by atoms with van der Waals surface area (Å²) in [7, 11) is 0. The number of para-hydroxylation sites is 1. The van der Waals surface area contributed by atoms with Gasteiger partial charge in [0.1, 0.15) is 0 Å². The Hall–Kier alpha value is -1.52. The van der Waals surface area contributed by atoms with Crippen LogP contribution in [0.3, 0.4) is 0 Å². The number of alkyl halides is 3. The molecule has 0 radical (unpaired) electrons. The van der Waals surface area contributed by atoms with E-state index < -0.39 is 11.7 Å². The number of nitrogens with zero attached hydrogens (tertiary/aromatic N) is 1. The van der Waals surface area contributed by atoms with Crippen LogP contribution in [0.4, 0.5) is 18.9 Å². The van der Waals surface area contributed by atoms with E-state index in [1.165, 1.54) is 18.2 Å². The fourth-order valence-corrected chi connectivity index (χ4v) is 1.28. The number of aliphatic imine (C=N–C) groups is 1. The number of hydrogen-bond donors (Lipinski definition) is 1. The van der Waals surface area contributed by atoms with Crippen LogP contribution in [0.2, 0.25) is 0 Å². The normalized spacial score (nSPS) is 12.9. The van der Waals surface area contributed by atoms with Crippen LogP contribution in [-0.2, 0) is 6.18 Å². The zero-order chi connectivity index (χ0) is 12.2. The maximum absolute atomic E-state index is 12.6. The lowest BCUT2D eigenvalue weighted by atomic mass is 10.1. The molecule has 0 aliphatic carbocycles. The van der Waals surface area contributed by atoms with Crippen LogP contribution in [0.5, 0.6) is 0 Å². The average Bonchev–Trinajstić information content (AvgIpc) is 2.17. The molecular weight excluding hydrogens is 217 g/mol. The summed E-state index contributed by atoms with van der Waals surface area (Å²) in [5, 5.41) is 0. The van der Waals surface area contributed by atoms with Gasteiger partial charge in [-0.05, 0) is 18.6 Å². The Bertz CT molecular complexity index is 383. The van der Waals surface area contributed by atoms with E-state index in [4.69, 9.17) is 5.73 Å². The molecule has 1 aromatic rings. The third kappa shape index (κ3) is 3.25. The predicted molar refractivity (Wildman–Crippen MR) is 57.6 cm³/mol. The lowest BCUT2D eigenvalue weighted by Crippen LogP contribution is -2.11. The number of hydrogen-bond acceptors (Lipinski definition) is 1.